The van der Waals surface area contributed by atoms with Crippen molar-refractivity contribution in [1.29, 1.82) is 0 Å². The molecule has 2 aliphatic rings. The summed E-state index contributed by atoms with van der Waals surface area (Å²) in [6, 6.07) is 0. The number of H-pyrrole nitrogens is 1. The van der Waals surface area contributed by atoms with E-state index in [0.717, 1.165) is 25.9 Å². The van der Waals surface area contributed by atoms with E-state index >= 15 is 0 Å². The van der Waals surface area contributed by atoms with E-state index in [-0.39, 0.29) is 6.09 Å². The molecule has 0 aromatic carbocycles. The van der Waals surface area contributed by atoms with E-state index in [1.54, 1.807) is 0 Å². The van der Waals surface area contributed by atoms with Crippen LogP contribution in [0.1, 0.15) is 82.7 Å². The van der Waals surface area contributed by atoms with Crippen molar-refractivity contribution in [2.24, 2.45) is 0 Å². The van der Waals surface area contributed by atoms with Crippen LogP contribution in [0.2, 0.25) is 0 Å². The molecule has 23 heavy (non-hydrogen) atoms. The van der Waals surface area contributed by atoms with E-state index in [1.807, 2.05) is 31.9 Å². The molecule has 5 heteroatoms. The molecule has 5 nitrogen and oxygen atoms in total. The highest BCUT2D eigenvalue weighted by Crippen LogP contribution is 2.34. The minimum Gasteiger partial charge on any atom is -0.444 e. The molecule has 0 radical (unpaired) electrons. The van der Waals surface area contributed by atoms with Crippen LogP contribution in [0.3, 0.4) is 0 Å². The van der Waals surface area contributed by atoms with Crippen molar-refractivity contribution in [2.75, 3.05) is 13.1 Å². The lowest BCUT2D eigenvalue weighted by Crippen LogP contribution is -2.41. The summed E-state index contributed by atoms with van der Waals surface area (Å²) in [7, 11) is 0. The molecule has 1 N–H and O–H groups in total. The monoisotopic (exact) mass is 319 g/mol. The lowest BCUT2D eigenvalue weighted by molar-refractivity contribution is 0.0204. The summed E-state index contributed by atoms with van der Waals surface area (Å²) in [5, 5.41) is 0. The molecule has 2 fully saturated rings. The van der Waals surface area contributed by atoms with Gasteiger partial charge in [0.15, 0.2) is 0 Å². The van der Waals surface area contributed by atoms with E-state index in [0.29, 0.717) is 11.8 Å². The summed E-state index contributed by atoms with van der Waals surface area (Å²) in [6.07, 6.45) is 8.98. The van der Waals surface area contributed by atoms with E-state index in [4.69, 9.17) is 4.74 Å². The smallest absolute Gasteiger partial charge is 0.410 e. The van der Waals surface area contributed by atoms with Gasteiger partial charge in [0.2, 0.25) is 0 Å². The molecule has 128 valence electrons. The van der Waals surface area contributed by atoms with E-state index in [9.17, 15) is 4.79 Å². The Morgan fingerprint density at radius 2 is 1.83 bits per heavy atom. The van der Waals surface area contributed by atoms with Crippen LogP contribution in [0.5, 0.6) is 0 Å². The number of carbonyl (C=O) groups excluding carboxylic acids is 1. The van der Waals surface area contributed by atoms with E-state index in [1.165, 1.54) is 37.2 Å². The predicted molar refractivity (Wildman–Crippen MR) is 89.6 cm³/mol. The molecular weight excluding hydrogens is 290 g/mol. The maximum absolute atomic E-state index is 12.1. The third kappa shape index (κ3) is 4.06. The molecule has 1 aliphatic heterocycles. The second-order valence-corrected chi connectivity index (χ2v) is 7.95. The van der Waals surface area contributed by atoms with Gasteiger partial charge >= 0.3 is 6.09 Å². The van der Waals surface area contributed by atoms with Gasteiger partial charge in [0.05, 0.1) is 0 Å². The van der Waals surface area contributed by atoms with Gasteiger partial charge in [-0.25, -0.2) is 9.78 Å². The van der Waals surface area contributed by atoms with Crippen molar-refractivity contribution < 1.29 is 9.53 Å². The average Bonchev–Trinajstić information content (AvgIpc) is 3.17. The van der Waals surface area contributed by atoms with Crippen LogP contribution in [-0.4, -0.2) is 39.7 Å². The van der Waals surface area contributed by atoms with Crippen molar-refractivity contribution in [3.8, 4) is 0 Å². The van der Waals surface area contributed by atoms with Crippen LogP contribution in [0.4, 0.5) is 4.79 Å². The Hall–Kier alpha value is -1.52. The minimum atomic E-state index is -0.423. The van der Waals surface area contributed by atoms with Crippen molar-refractivity contribution in [3.63, 3.8) is 0 Å². The highest BCUT2D eigenvalue weighted by atomic mass is 16.6. The normalized spacial score (nSPS) is 20.9. The topological polar surface area (TPSA) is 58.2 Å². The molecule has 1 saturated heterocycles. The number of imidazole rings is 1. The molecule has 0 unspecified atom stereocenters. The average molecular weight is 319 g/mol. The molecule has 1 aliphatic carbocycles. The summed E-state index contributed by atoms with van der Waals surface area (Å²) in [5.74, 6) is 2.29. The number of nitrogens with zero attached hydrogens (tertiary/aromatic N) is 2. The highest BCUT2D eigenvalue weighted by molar-refractivity contribution is 5.68. The Labute approximate surface area is 138 Å². The molecular formula is C18H29N3O2. The quantitative estimate of drug-likeness (QED) is 0.889. The molecule has 3 rings (SSSR count). The Balaban J connectivity index is 1.53. The van der Waals surface area contributed by atoms with Gasteiger partial charge in [-0.2, -0.15) is 0 Å². The summed E-state index contributed by atoms with van der Waals surface area (Å²) in [5.41, 5.74) is 0.823. The molecule has 1 aromatic rings. The van der Waals surface area contributed by atoms with Crippen LogP contribution in [0, 0.1) is 0 Å². The van der Waals surface area contributed by atoms with Crippen molar-refractivity contribution >= 4 is 6.09 Å². The fraction of sp³-hybridized carbons (Fsp3) is 0.778. The van der Waals surface area contributed by atoms with Gasteiger partial charge in [0.1, 0.15) is 11.4 Å². The Bertz CT molecular complexity index is 533. The van der Waals surface area contributed by atoms with Gasteiger partial charge in [-0.15, -0.1) is 0 Å². The summed E-state index contributed by atoms with van der Waals surface area (Å²) >= 11 is 0. The number of hydrogen-bond donors (Lipinski definition) is 1. The molecule has 1 aromatic heterocycles. The fourth-order valence-electron chi connectivity index (χ4n) is 3.67. The number of carbonyl (C=O) groups is 1. The minimum absolute atomic E-state index is 0.188. The Morgan fingerprint density at radius 1 is 1.17 bits per heavy atom. The number of aromatic amines is 1. The summed E-state index contributed by atoms with van der Waals surface area (Å²) < 4.78 is 5.46. The lowest BCUT2D eigenvalue weighted by Gasteiger charge is -2.33. The van der Waals surface area contributed by atoms with E-state index < -0.39 is 5.60 Å². The maximum atomic E-state index is 12.1. The second kappa shape index (κ2) is 6.54. The number of likely N-dealkylation sites (tertiary alicyclic amines) is 1. The summed E-state index contributed by atoms with van der Waals surface area (Å²) in [4.78, 5) is 22.1. The molecule has 0 atom stereocenters. The van der Waals surface area contributed by atoms with Crippen LogP contribution in [0.15, 0.2) is 6.20 Å². The third-order valence-electron chi connectivity index (χ3n) is 4.94. The number of aromatic nitrogens is 2. The largest absolute Gasteiger partial charge is 0.444 e. The van der Waals surface area contributed by atoms with Crippen molar-refractivity contribution in [3.05, 3.63) is 17.7 Å². The van der Waals surface area contributed by atoms with Gasteiger partial charge in [0.25, 0.3) is 0 Å². The molecule has 1 saturated carbocycles. The van der Waals surface area contributed by atoms with Crippen molar-refractivity contribution in [2.45, 2.75) is 76.7 Å². The van der Waals surface area contributed by atoms with Gasteiger partial charge in [0, 0.05) is 36.8 Å². The zero-order chi connectivity index (χ0) is 16.4. The van der Waals surface area contributed by atoms with Crippen LogP contribution < -0.4 is 0 Å². The molecule has 0 bridgehead atoms. The van der Waals surface area contributed by atoms with Gasteiger partial charge in [-0.3, -0.25) is 0 Å². The SMILES string of the molecule is CC(C)(C)OC(=O)N1CCC(c2cnc(C3CCCC3)[nH]2)CC1. The van der Waals surface area contributed by atoms with Gasteiger partial charge in [-0.1, -0.05) is 12.8 Å². The van der Waals surface area contributed by atoms with E-state index in [2.05, 4.69) is 9.97 Å². The Kier molecular flexibility index (Phi) is 4.64. The number of piperidine rings is 1. The van der Waals surface area contributed by atoms with Crippen LogP contribution in [0.25, 0.3) is 0 Å². The molecule has 0 spiro atoms. The fourth-order valence-corrected chi connectivity index (χ4v) is 3.67. The zero-order valence-corrected chi connectivity index (χ0v) is 14.6. The molecule has 2 heterocycles. The predicted octanol–water partition coefficient (Wildman–Crippen LogP) is 4.18. The second-order valence-electron chi connectivity index (χ2n) is 7.95. The van der Waals surface area contributed by atoms with Gasteiger partial charge < -0.3 is 14.6 Å². The van der Waals surface area contributed by atoms with Gasteiger partial charge in [-0.05, 0) is 46.5 Å². The Morgan fingerprint density at radius 3 is 2.43 bits per heavy atom. The zero-order valence-electron chi connectivity index (χ0n) is 14.6. The first-order valence-corrected chi connectivity index (χ1v) is 8.95. The lowest BCUT2D eigenvalue weighted by atomic mass is 9.94. The number of nitrogens with one attached hydrogen (secondary N) is 1. The number of rotatable bonds is 2. The van der Waals surface area contributed by atoms with Crippen LogP contribution >= 0.6 is 0 Å². The first kappa shape index (κ1) is 16.3. The van der Waals surface area contributed by atoms with Crippen LogP contribution in [-0.2, 0) is 4.74 Å². The first-order chi connectivity index (χ1) is 10.9. The number of ether oxygens (including phenoxy) is 1. The molecule has 1 amide bonds. The third-order valence-corrected chi connectivity index (χ3v) is 4.94. The maximum Gasteiger partial charge on any atom is 0.410 e. The standard InChI is InChI=1S/C18H29N3O2/c1-18(2,3)23-17(22)21-10-8-13(9-11-21)15-12-19-16(20-15)14-6-4-5-7-14/h12-14H,4-11H2,1-3H3,(H,19,20). The number of hydrogen-bond acceptors (Lipinski definition) is 3. The number of amides is 1. The van der Waals surface area contributed by atoms with Crippen molar-refractivity contribution in [1.82, 2.24) is 14.9 Å². The summed E-state index contributed by atoms with van der Waals surface area (Å²) in [6.45, 7) is 7.25. The highest BCUT2D eigenvalue weighted by Gasteiger charge is 2.29. The first-order valence-electron chi connectivity index (χ1n) is 8.95.